The van der Waals surface area contributed by atoms with E-state index >= 15 is 0 Å². The summed E-state index contributed by atoms with van der Waals surface area (Å²) in [5, 5.41) is 5.11. The summed E-state index contributed by atoms with van der Waals surface area (Å²) in [4.78, 5) is 52.7. The van der Waals surface area contributed by atoms with Gasteiger partial charge in [-0.1, -0.05) is 36.4 Å². The molecular formula is C29H30FN3O5. The van der Waals surface area contributed by atoms with E-state index in [-0.39, 0.29) is 16.8 Å². The van der Waals surface area contributed by atoms with Crippen molar-refractivity contribution in [3.05, 3.63) is 95.3 Å². The number of hydrogen-bond donors (Lipinski definition) is 2. The standard InChI is InChI=1S/C29H30FN3O5/c1-19-10-9-11-20(16-19)32-28(37)31-17-25(34)33(18-26(35)38-29(2,3)4)24-15-8-6-13-22(24)27(36)21-12-5-7-14-23(21)30/h5-16H,17-18H2,1-4H3,(H2,31,32,37). The summed E-state index contributed by atoms with van der Waals surface area (Å²) in [5.74, 6) is -2.77. The van der Waals surface area contributed by atoms with E-state index in [0.717, 1.165) is 16.5 Å². The van der Waals surface area contributed by atoms with Crippen molar-refractivity contribution in [2.75, 3.05) is 23.3 Å². The fraction of sp³-hybridized carbons (Fsp3) is 0.241. The van der Waals surface area contributed by atoms with Crippen molar-refractivity contribution in [1.29, 1.82) is 0 Å². The predicted octanol–water partition coefficient (Wildman–Crippen LogP) is 4.86. The fourth-order valence-corrected chi connectivity index (χ4v) is 3.65. The van der Waals surface area contributed by atoms with E-state index < -0.39 is 48.2 Å². The lowest BCUT2D eigenvalue weighted by molar-refractivity contribution is -0.153. The van der Waals surface area contributed by atoms with Gasteiger partial charge in [0.15, 0.2) is 5.78 Å². The van der Waals surface area contributed by atoms with Gasteiger partial charge in [0, 0.05) is 11.3 Å². The number of benzene rings is 3. The first-order valence-corrected chi connectivity index (χ1v) is 12.0. The van der Waals surface area contributed by atoms with Gasteiger partial charge in [0.2, 0.25) is 5.91 Å². The number of aryl methyl sites for hydroxylation is 1. The minimum atomic E-state index is -0.819. The van der Waals surface area contributed by atoms with E-state index in [9.17, 15) is 23.6 Å². The average Bonchev–Trinajstić information content (AvgIpc) is 2.85. The SMILES string of the molecule is Cc1cccc(NC(=O)NCC(=O)N(CC(=O)OC(C)(C)C)c2ccccc2C(=O)c2ccccc2F)c1. The minimum absolute atomic E-state index is 0.0127. The number of anilines is 2. The van der Waals surface area contributed by atoms with Crippen LogP contribution in [0.1, 0.15) is 42.3 Å². The number of halogens is 1. The highest BCUT2D eigenvalue weighted by molar-refractivity contribution is 6.15. The Kier molecular flexibility index (Phi) is 8.96. The van der Waals surface area contributed by atoms with Gasteiger partial charge in [0.25, 0.3) is 0 Å². The second kappa shape index (κ2) is 12.1. The Morgan fingerprint density at radius 3 is 2.21 bits per heavy atom. The summed E-state index contributed by atoms with van der Waals surface area (Å²) >= 11 is 0. The van der Waals surface area contributed by atoms with E-state index in [4.69, 9.17) is 4.74 Å². The van der Waals surface area contributed by atoms with E-state index in [0.29, 0.717) is 5.69 Å². The third kappa shape index (κ3) is 7.73. The van der Waals surface area contributed by atoms with Gasteiger partial charge in [-0.3, -0.25) is 19.3 Å². The zero-order chi connectivity index (χ0) is 27.9. The summed E-state index contributed by atoms with van der Waals surface area (Å²) in [7, 11) is 0. The first kappa shape index (κ1) is 28.0. The van der Waals surface area contributed by atoms with Gasteiger partial charge in [-0.2, -0.15) is 0 Å². The molecule has 0 aliphatic heterocycles. The number of para-hydroxylation sites is 1. The number of carbonyl (C=O) groups is 4. The van der Waals surface area contributed by atoms with E-state index in [1.165, 1.54) is 30.3 Å². The lowest BCUT2D eigenvalue weighted by Gasteiger charge is -2.27. The number of rotatable bonds is 8. The molecule has 3 rings (SSSR count). The van der Waals surface area contributed by atoms with Crippen LogP contribution in [0.2, 0.25) is 0 Å². The first-order chi connectivity index (χ1) is 17.9. The van der Waals surface area contributed by atoms with Gasteiger partial charge in [0.05, 0.1) is 17.8 Å². The number of esters is 1. The topological polar surface area (TPSA) is 105 Å². The molecule has 2 N–H and O–H groups in total. The second-order valence-corrected chi connectivity index (χ2v) is 9.57. The minimum Gasteiger partial charge on any atom is -0.459 e. The molecule has 0 radical (unpaired) electrons. The molecule has 0 saturated carbocycles. The molecule has 0 atom stereocenters. The van der Waals surface area contributed by atoms with Gasteiger partial charge in [0.1, 0.15) is 18.0 Å². The molecule has 38 heavy (non-hydrogen) atoms. The van der Waals surface area contributed by atoms with E-state index in [1.807, 2.05) is 13.0 Å². The summed E-state index contributed by atoms with van der Waals surface area (Å²) < 4.78 is 19.8. The number of hydrogen-bond acceptors (Lipinski definition) is 5. The monoisotopic (exact) mass is 519 g/mol. The van der Waals surface area contributed by atoms with Crippen molar-refractivity contribution in [3.63, 3.8) is 0 Å². The highest BCUT2D eigenvalue weighted by atomic mass is 19.1. The molecule has 198 valence electrons. The van der Waals surface area contributed by atoms with Crippen molar-refractivity contribution in [3.8, 4) is 0 Å². The van der Waals surface area contributed by atoms with E-state index in [1.54, 1.807) is 51.1 Å². The molecule has 9 heteroatoms. The summed E-state index contributed by atoms with van der Waals surface area (Å²) in [6, 6.07) is 18.1. The van der Waals surface area contributed by atoms with Gasteiger partial charge < -0.3 is 15.4 Å². The molecule has 0 aliphatic rings. The van der Waals surface area contributed by atoms with Crippen LogP contribution in [0, 0.1) is 12.7 Å². The Bertz CT molecular complexity index is 1350. The zero-order valence-electron chi connectivity index (χ0n) is 21.7. The number of nitrogens with zero attached hydrogens (tertiary/aromatic N) is 1. The van der Waals surface area contributed by atoms with Crippen LogP contribution in [0.5, 0.6) is 0 Å². The molecule has 0 aliphatic carbocycles. The van der Waals surface area contributed by atoms with Gasteiger partial charge >= 0.3 is 12.0 Å². The van der Waals surface area contributed by atoms with Crippen LogP contribution < -0.4 is 15.5 Å². The van der Waals surface area contributed by atoms with Crippen LogP contribution in [0.15, 0.2) is 72.8 Å². The second-order valence-electron chi connectivity index (χ2n) is 9.57. The van der Waals surface area contributed by atoms with Crippen molar-refractivity contribution >= 4 is 35.1 Å². The van der Waals surface area contributed by atoms with Crippen LogP contribution in [-0.4, -0.2) is 42.4 Å². The molecule has 0 heterocycles. The van der Waals surface area contributed by atoms with Crippen LogP contribution in [0.3, 0.4) is 0 Å². The van der Waals surface area contributed by atoms with Crippen LogP contribution in [0.25, 0.3) is 0 Å². The maximum atomic E-state index is 14.4. The maximum absolute atomic E-state index is 14.4. The Labute approximate surface area is 220 Å². The molecule has 8 nitrogen and oxygen atoms in total. The number of ether oxygens (including phenoxy) is 1. The molecule has 0 saturated heterocycles. The van der Waals surface area contributed by atoms with Crippen LogP contribution >= 0.6 is 0 Å². The van der Waals surface area contributed by atoms with Crippen LogP contribution in [0.4, 0.5) is 20.6 Å². The van der Waals surface area contributed by atoms with Crippen molar-refractivity contribution in [1.82, 2.24) is 5.32 Å². The molecule has 3 aromatic carbocycles. The highest BCUT2D eigenvalue weighted by Crippen LogP contribution is 2.25. The average molecular weight is 520 g/mol. The normalized spacial score (nSPS) is 10.9. The molecule has 3 aromatic rings. The number of amides is 3. The lowest BCUT2D eigenvalue weighted by atomic mass is 10.0. The van der Waals surface area contributed by atoms with Gasteiger partial charge in [-0.15, -0.1) is 0 Å². The number of nitrogens with one attached hydrogen (secondary N) is 2. The van der Waals surface area contributed by atoms with Gasteiger partial charge in [-0.05, 0) is 69.7 Å². The Morgan fingerprint density at radius 1 is 0.895 bits per heavy atom. The summed E-state index contributed by atoms with van der Waals surface area (Å²) in [5.41, 5.74) is 0.580. The van der Waals surface area contributed by atoms with Gasteiger partial charge in [-0.25, -0.2) is 9.18 Å². The summed E-state index contributed by atoms with van der Waals surface area (Å²) in [6.45, 7) is 5.92. The van der Waals surface area contributed by atoms with Crippen molar-refractivity contribution in [2.24, 2.45) is 0 Å². The predicted molar refractivity (Wildman–Crippen MR) is 143 cm³/mol. The molecule has 0 fully saturated rings. The van der Waals surface area contributed by atoms with Crippen molar-refractivity contribution in [2.45, 2.75) is 33.3 Å². The Morgan fingerprint density at radius 2 is 1.55 bits per heavy atom. The third-order valence-electron chi connectivity index (χ3n) is 5.24. The lowest BCUT2D eigenvalue weighted by Crippen LogP contribution is -2.45. The largest absolute Gasteiger partial charge is 0.459 e. The molecule has 0 bridgehead atoms. The zero-order valence-corrected chi connectivity index (χ0v) is 21.7. The Hall–Kier alpha value is -4.53. The number of carbonyl (C=O) groups excluding carboxylic acids is 4. The third-order valence-corrected chi connectivity index (χ3v) is 5.24. The number of urea groups is 1. The molecule has 3 amide bonds. The molecule has 0 unspecified atom stereocenters. The first-order valence-electron chi connectivity index (χ1n) is 12.0. The van der Waals surface area contributed by atoms with Crippen LogP contribution in [-0.2, 0) is 14.3 Å². The molecule has 0 aromatic heterocycles. The summed E-state index contributed by atoms with van der Waals surface area (Å²) in [6.07, 6.45) is 0. The number of ketones is 1. The Balaban J connectivity index is 1.87. The molecular weight excluding hydrogens is 489 g/mol. The van der Waals surface area contributed by atoms with Crippen molar-refractivity contribution < 1.29 is 28.3 Å². The highest BCUT2D eigenvalue weighted by Gasteiger charge is 2.27. The maximum Gasteiger partial charge on any atom is 0.326 e. The van der Waals surface area contributed by atoms with E-state index in [2.05, 4.69) is 10.6 Å². The molecule has 0 spiro atoms. The fourth-order valence-electron chi connectivity index (χ4n) is 3.65. The smallest absolute Gasteiger partial charge is 0.326 e. The quantitative estimate of drug-likeness (QED) is 0.327.